The van der Waals surface area contributed by atoms with Gasteiger partial charge in [-0.2, -0.15) is 0 Å². The Labute approximate surface area is 110 Å². The summed E-state index contributed by atoms with van der Waals surface area (Å²) in [5, 5.41) is 2.63. The van der Waals surface area contributed by atoms with E-state index in [0.717, 1.165) is 0 Å². The molecule has 18 heavy (non-hydrogen) atoms. The van der Waals surface area contributed by atoms with Crippen molar-refractivity contribution in [2.75, 3.05) is 0 Å². The molecule has 0 saturated heterocycles. The highest BCUT2D eigenvalue weighted by molar-refractivity contribution is 5.89. The lowest BCUT2D eigenvalue weighted by Gasteiger charge is -2.25. The first kappa shape index (κ1) is 13.1. The molecule has 0 unspecified atom stereocenters. The lowest BCUT2D eigenvalue weighted by atomic mass is 9.80. The summed E-state index contributed by atoms with van der Waals surface area (Å²) >= 11 is 0. The van der Waals surface area contributed by atoms with Gasteiger partial charge in [0.1, 0.15) is 0 Å². The number of fused-ring (bicyclic) bond motifs is 1. The van der Waals surface area contributed by atoms with Crippen molar-refractivity contribution in [3.05, 3.63) is 41.7 Å². The van der Waals surface area contributed by atoms with E-state index >= 15 is 0 Å². The summed E-state index contributed by atoms with van der Waals surface area (Å²) in [6.45, 7) is 13.5. The molecule has 0 atom stereocenters. The molecule has 1 heteroatoms. The molecule has 96 valence electrons. The van der Waals surface area contributed by atoms with Crippen LogP contribution in [0.25, 0.3) is 10.8 Å². The number of hydrogen-bond acceptors (Lipinski definition) is 1. The maximum absolute atomic E-state index is 4.45. The molecule has 0 radical (unpaired) electrons. The van der Waals surface area contributed by atoms with Gasteiger partial charge in [0, 0.05) is 17.8 Å². The van der Waals surface area contributed by atoms with Gasteiger partial charge < -0.3 is 0 Å². The van der Waals surface area contributed by atoms with Gasteiger partial charge in [0.05, 0.1) is 0 Å². The second kappa shape index (κ2) is 4.08. The van der Waals surface area contributed by atoms with Gasteiger partial charge in [-0.1, -0.05) is 59.7 Å². The van der Waals surface area contributed by atoms with Crippen LogP contribution in [0, 0.1) is 0 Å². The summed E-state index contributed by atoms with van der Waals surface area (Å²) in [4.78, 5) is 4.45. The zero-order valence-corrected chi connectivity index (χ0v) is 12.3. The highest BCUT2D eigenvalue weighted by atomic mass is 14.6. The largest absolute Gasteiger partial charge is 0.264 e. The number of aromatic nitrogens is 1. The third kappa shape index (κ3) is 2.27. The van der Waals surface area contributed by atoms with E-state index in [0.29, 0.717) is 0 Å². The summed E-state index contributed by atoms with van der Waals surface area (Å²) in [6.07, 6.45) is 4.01. The zero-order valence-electron chi connectivity index (χ0n) is 12.3. The topological polar surface area (TPSA) is 12.9 Å². The van der Waals surface area contributed by atoms with E-state index in [4.69, 9.17) is 0 Å². The first-order valence-electron chi connectivity index (χ1n) is 6.59. The first-order chi connectivity index (χ1) is 8.21. The average Bonchev–Trinajstić information content (AvgIpc) is 2.24. The number of rotatable bonds is 0. The Morgan fingerprint density at radius 3 is 1.89 bits per heavy atom. The van der Waals surface area contributed by atoms with Crippen LogP contribution < -0.4 is 0 Å². The second-order valence-corrected chi connectivity index (χ2v) is 7.09. The van der Waals surface area contributed by atoms with Gasteiger partial charge >= 0.3 is 0 Å². The molecule has 1 heterocycles. The molecule has 0 N–H and O–H groups in total. The molecule has 0 bridgehead atoms. The molecule has 0 aliphatic heterocycles. The van der Waals surface area contributed by atoms with Crippen molar-refractivity contribution < 1.29 is 0 Å². The summed E-state index contributed by atoms with van der Waals surface area (Å²) in [5.74, 6) is 0. The fourth-order valence-corrected chi connectivity index (χ4v) is 2.45. The Balaban J connectivity index is 2.82. The molecule has 0 fully saturated rings. The van der Waals surface area contributed by atoms with Crippen molar-refractivity contribution in [1.29, 1.82) is 0 Å². The van der Waals surface area contributed by atoms with Crippen LogP contribution in [0.2, 0.25) is 0 Å². The molecule has 1 nitrogen and oxygen atoms in total. The summed E-state index contributed by atoms with van der Waals surface area (Å²) < 4.78 is 0. The number of hydrogen-bond donors (Lipinski definition) is 0. The van der Waals surface area contributed by atoms with Crippen LogP contribution in [0.5, 0.6) is 0 Å². The minimum absolute atomic E-state index is 0.128. The first-order valence-corrected chi connectivity index (χ1v) is 6.59. The monoisotopic (exact) mass is 241 g/mol. The molecule has 2 aromatic rings. The third-order valence-corrected chi connectivity index (χ3v) is 3.42. The quantitative estimate of drug-likeness (QED) is 0.643. The molecule has 0 aliphatic rings. The van der Waals surface area contributed by atoms with Crippen LogP contribution in [0.3, 0.4) is 0 Å². The predicted octanol–water partition coefficient (Wildman–Crippen LogP) is 4.83. The third-order valence-electron chi connectivity index (χ3n) is 3.42. The van der Waals surface area contributed by atoms with E-state index in [2.05, 4.69) is 64.7 Å². The van der Waals surface area contributed by atoms with E-state index in [9.17, 15) is 0 Å². The van der Waals surface area contributed by atoms with Crippen molar-refractivity contribution in [2.24, 2.45) is 0 Å². The number of pyridine rings is 1. The van der Waals surface area contributed by atoms with Crippen LogP contribution in [-0.2, 0) is 10.8 Å². The van der Waals surface area contributed by atoms with Crippen LogP contribution >= 0.6 is 0 Å². The molecule has 1 aromatic heterocycles. The molecule has 2 rings (SSSR count). The molecule has 0 saturated carbocycles. The Bertz CT molecular complexity index is 515. The molecular formula is C17H23N. The van der Waals surface area contributed by atoms with Gasteiger partial charge in [0.15, 0.2) is 0 Å². The average molecular weight is 241 g/mol. The van der Waals surface area contributed by atoms with E-state index in [1.165, 1.54) is 21.9 Å². The maximum Gasteiger partial charge on any atom is 0.0349 e. The summed E-state index contributed by atoms with van der Waals surface area (Å²) in [6, 6.07) is 6.60. The van der Waals surface area contributed by atoms with Crippen LogP contribution in [0.1, 0.15) is 52.7 Å². The SMILES string of the molecule is CC(C)(C)c1cncc2c(C(C)(C)C)cccc12. The Morgan fingerprint density at radius 2 is 1.33 bits per heavy atom. The summed E-state index contributed by atoms with van der Waals surface area (Å²) in [5.41, 5.74) is 2.98. The molecule has 0 spiro atoms. The standard InChI is InChI=1S/C17H23N/c1-16(2,3)14-9-7-8-12-13(14)10-18-11-15(12)17(4,5)6/h7-11H,1-6H3. The van der Waals surface area contributed by atoms with E-state index < -0.39 is 0 Å². The van der Waals surface area contributed by atoms with Crippen molar-refractivity contribution in [1.82, 2.24) is 4.98 Å². The maximum atomic E-state index is 4.45. The minimum atomic E-state index is 0.128. The van der Waals surface area contributed by atoms with Crippen molar-refractivity contribution >= 4 is 10.8 Å². The molecular weight excluding hydrogens is 218 g/mol. The van der Waals surface area contributed by atoms with Gasteiger partial charge in [0.25, 0.3) is 0 Å². The highest BCUT2D eigenvalue weighted by Crippen LogP contribution is 2.34. The van der Waals surface area contributed by atoms with Gasteiger partial charge in [-0.3, -0.25) is 4.98 Å². The Kier molecular flexibility index (Phi) is 2.96. The number of nitrogens with zero attached hydrogens (tertiary/aromatic N) is 1. The van der Waals surface area contributed by atoms with E-state index in [1.807, 2.05) is 12.4 Å². The normalized spacial score (nSPS) is 13.0. The van der Waals surface area contributed by atoms with E-state index in [1.54, 1.807) is 0 Å². The molecule has 1 aromatic carbocycles. The van der Waals surface area contributed by atoms with Crippen molar-refractivity contribution in [2.45, 2.75) is 52.4 Å². The van der Waals surface area contributed by atoms with Gasteiger partial charge in [-0.25, -0.2) is 0 Å². The Morgan fingerprint density at radius 1 is 0.722 bits per heavy atom. The van der Waals surface area contributed by atoms with Gasteiger partial charge in [0.2, 0.25) is 0 Å². The molecule has 0 amide bonds. The van der Waals surface area contributed by atoms with Crippen LogP contribution in [-0.4, -0.2) is 4.98 Å². The fourth-order valence-electron chi connectivity index (χ4n) is 2.45. The summed E-state index contributed by atoms with van der Waals surface area (Å²) in [7, 11) is 0. The zero-order chi connectivity index (χ0) is 13.6. The lowest BCUT2D eigenvalue weighted by molar-refractivity contribution is 0.588. The second-order valence-electron chi connectivity index (χ2n) is 7.09. The van der Waals surface area contributed by atoms with Crippen LogP contribution in [0.15, 0.2) is 30.6 Å². The fraction of sp³-hybridized carbons (Fsp3) is 0.471. The van der Waals surface area contributed by atoms with Crippen molar-refractivity contribution in [3.8, 4) is 0 Å². The van der Waals surface area contributed by atoms with E-state index in [-0.39, 0.29) is 10.8 Å². The van der Waals surface area contributed by atoms with Gasteiger partial charge in [-0.05, 0) is 27.3 Å². The van der Waals surface area contributed by atoms with Crippen molar-refractivity contribution in [3.63, 3.8) is 0 Å². The predicted molar refractivity (Wildman–Crippen MR) is 79.1 cm³/mol. The van der Waals surface area contributed by atoms with Gasteiger partial charge in [-0.15, -0.1) is 0 Å². The molecule has 0 aliphatic carbocycles. The lowest BCUT2D eigenvalue weighted by Crippen LogP contribution is -2.15. The highest BCUT2D eigenvalue weighted by Gasteiger charge is 2.21. The van der Waals surface area contributed by atoms with Crippen LogP contribution in [0.4, 0.5) is 0 Å². The Hall–Kier alpha value is -1.37. The minimum Gasteiger partial charge on any atom is -0.264 e. The smallest absolute Gasteiger partial charge is 0.0349 e. The number of benzene rings is 1.